The Kier molecular flexibility index (Phi) is 2.53. The molecule has 1 aromatic carbocycles. The molecule has 0 atom stereocenters. The van der Waals surface area contributed by atoms with Crippen LogP contribution in [0.4, 0.5) is 0 Å². The number of phenols is 1. The summed E-state index contributed by atoms with van der Waals surface area (Å²) in [6, 6.07) is 2.38. The monoisotopic (exact) mass is 199 g/mol. The number of halogens is 1. The number of nitrogens with two attached hydrogens (primary N) is 1. The van der Waals surface area contributed by atoms with Crippen molar-refractivity contribution in [2.24, 2.45) is 5.73 Å². The number of carbonyl (C=O) groups is 2. The zero-order valence-electron chi connectivity index (χ0n) is 6.45. The van der Waals surface area contributed by atoms with Crippen molar-refractivity contribution in [3.05, 3.63) is 28.3 Å². The molecule has 13 heavy (non-hydrogen) atoms. The summed E-state index contributed by atoms with van der Waals surface area (Å²) in [6.07, 6.45) is 0.396. The van der Waals surface area contributed by atoms with Crippen LogP contribution in [-0.4, -0.2) is 17.3 Å². The highest BCUT2D eigenvalue weighted by Gasteiger charge is 2.10. The lowest BCUT2D eigenvalue weighted by Gasteiger charge is -2.02. The molecule has 0 radical (unpaired) electrons. The molecule has 5 heteroatoms. The van der Waals surface area contributed by atoms with Gasteiger partial charge in [0.1, 0.15) is 5.75 Å². The minimum absolute atomic E-state index is 0.0544. The Bertz CT molecular complexity index is 376. The maximum atomic E-state index is 10.7. The third-order valence-electron chi connectivity index (χ3n) is 1.50. The highest BCUT2D eigenvalue weighted by molar-refractivity contribution is 6.32. The molecule has 0 bridgehead atoms. The van der Waals surface area contributed by atoms with E-state index in [1.165, 1.54) is 12.1 Å². The van der Waals surface area contributed by atoms with Crippen molar-refractivity contribution in [1.29, 1.82) is 0 Å². The fourth-order valence-corrected chi connectivity index (χ4v) is 1.08. The fourth-order valence-electron chi connectivity index (χ4n) is 0.852. The van der Waals surface area contributed by atoms with Gasteiger partial charge in [0.05, 0.1) is 10.6 Å². The minimum Gasteiger partial charge on any atom is -0.506 e. The van der Waals surface area contributed by atoms with Gasteiger partial charge in [-0.05, 0) is 12.1 Å². The van der Waals surface area contributed by atoms with Crippen molar-refractivity contribution in [3.8, 4) is 5.75 Å². The summed E-state index contributed by atoms with van der Waals surface area (Å²) < 4.78 is 0. The van der Waals surface area contributed by atoms with Gasteiger partial charge in [0.15, 0.2) is 6.29 Å². The molecule has 0 spiro atoms. The Balaban J connectivity index is 3.38. The molecule has 3 N–H and O–H groups in total. The molecule has 0 unspecified atom stereocenters. The van der Waals surface area contributed by atoms with Crippen LogP contribution in [0.1, 0.15) is 20.7 Å². The first kappa shape index (κ1) is 9.54. The second kappa shape index (κ2) is 3.45. The predicted octanol–water partition coefficient (Wildman–Crippen LogP) is 0.957. The highest BCUT2D eigenvalue weighted by Crippen LogP contribution is 2.27. The summed E-state index contributed by atoms with van der Waals surface area (Å²) in [5, 5.41) is 9.12. The normalized spacial score (nSPS) is 9.62. The number of carbonyl (C=O) groups excluding carboxylic acids is 2. The summed E-state index contributed by atoms with van der Waals surface area (Å²) in [5.41, 5.74) is 4.99. The summed E-state index contributed by atoms with van der Waals surface area (Å²) >= 11 is 5.53. The molecule has 0 aliphatic carbocycles. The fraction of sp³-hybridized carbons (Fsp3) is 0. The SMILES string of the molecule is NC(=O)c1cc(Cl)c(O)c(C=O)c1. The zero-order chi connectivity index (χ0) is 10.0. The van der Waals surface area contributed by atoms with Crippen LogP contribution in [0.25, 0.3) is 0 Å². The number of amides is 1. The van der Waals surface area contributed by atoms with Crippen molar-refractivity contribution >= 4 is 23.8 Å². The lowest BCUT2D eigenvalue weighted by Crippen LogP contribution is -2.11. The van der Waals surface area contributed by atoms with E-state index in [1.54, 1.807) is 0 Å². The smallest absolute Gasteiger partial charge is 0.248 e. The number of phenolic OH excluding ortho intramolecular Hbond substituents is 1. The molecule has 1 aromatic rings. The number of hydrogen-bond acceptors (Lipinski definition) is 3. The van der Waals surface area contributed by atoms with E-state index >= 15 is 0 Å². The quantitative estimate of drug-likeness (QED) is 0.696. The maximum absolute atomic E-state index is 10.7. The average Bonchev–Trinajstić information content (AvgIpc) is 2.09. The van der Waals surface area contributed by atoms with Crippen molar-refractivity contribution < 1.29 is 14.7 Å². The number of benzene rings is 1. The van der Waals surface area contributed by atoms with Crippen molar-refractivity contribution in [2.75, 3.05) is 0 Å². The number of aromatic hydroxyl groups is 1. The predicted molar refractivity (Wildman–Crippen MR) is 47.0 cm³/mol. The standard InChI is InChI=1S/C8H6ClNO3/c9-6-2-4(8(10)13)1-5(3-11)7(6)12/h1-3,12H,(H2,10,13). The Labute approximate surface area is 78.9 Å². The van der Waals surface area contributed by atoms with Gasteiger partial charge < -0.3 is 10.8 Å². The number of primary amides is 1. The molecule has 0 fully saturated rings. The first-order valence-electron chi connectivity index (χ1n) is 3.33. The third kappa shape index (κ3) is 1.78. The van der Waals surface area contributed by atoms with E-state index in [0.717, 1.165) is 0 Å². The van der Waals surface area contributed by atoms with Gasteiger partial charge in [0, 0.05) is 5.56 Å². The van der Waals surface area contributed by atoms with E-state index < -0.39 is 5.91 Å². The molecule has 1 rings (SSSR count). The molecule has 0 aliphatic rings. The molecule has 1 amide bonds. The third-order valence-corrected chi connectivity index (χ3v) is 1.79. The van der Waals surface area contributed by atoms with Crippen LogP contribution >= 0.6 is 11.6 Å². The molecule has 68 valence electrons. The summed E-state index contributed by atoms with van der Waals surface area (Å²) in [6.45, 7) is 0. The summed E-state index contributed by atoms with van der Waals surface area (Å²) in [4.78, 5) is 21.1. The Morgan fingerprint density at radius 2 is 2.15 bits per heavy atom. The van der Waals surface area contributed by atoms with Crippen LogP contribution in [0.3, 0.4) is 0 Å². The first-order valence-corrected chi connectivity index (χ1v) is 3.71. The van der Waals surface area contributed by atoms with Gasteiger partial charge in [-0.25, -0.2) is 0 Å². The second-order valence-corrected chi connectivity index (χ2v) is 2.79. The van der Waals surface area contributed by atoms with Gasteiger partial charge >= 0.3 is 0 Å². The lowest BCUT2D eigenvalue weighted by atomic mass is 10.1. The Hall–Kier alpha value is -1.55. The summed E-state index contributed by atoms with van der Waals surface area (Å²) in [5.74, 6) is -1.05. The molecule has 0 heterocycles. The van der Waals surface area contributed by atoms with E-state index in [4.69, 9.17) is 17.3 Å². The molecule has 0 saturated carbocycles. The molecule has 0 saturated heterocycles. The van der Waals surface area contributed by atoms with Gasteiger partial charge in [-0.2, -0.15) is 0 Å². The highest BCUT2D eigenvalue weighted by atomic mass is 35.5. The van der Waals surface area contributed by atoms with Crippen molar-refractivity contribution in [2.45, 2.75) is 0 Å². The molecule has 0 aliphatic heterocycles. The van der Waals surface area contributed by atoms with Gasteiger partial charge in [0.25, 0.3) is 0 Å². The van der Waals surface area contributed by atoms with Crippen LogP contribution in [-0.2, 0) is 0 Å². The largest absolute Gasteiger partial charge is 0.506 e. The minimum atomic E-state index is -0.704. The van der Waals surface area contributed by atoms with Crippen LogP contribution in [0.15, 0.2) is 12.1 Å². The van der Waals surface area contributed by atoms with Crippen molar-refractivity contribution in [3.63, 3.8) is 0 Å². The topological polar surface area (TPSA) is 80.4 Å². The molecular weight excluding hydrogens is 194 g/mol. The van der Waals surface area contributed by atoms with Crippen LogP contribution in [0.2, 0.25) is 5.02 Å². The number of rotatable bonds is 2. The van der Waals surface area contributed by atoms with Gasteiger partial charge in [-0.3, -0.25) is 9.59 Å². The molecular formula is C8H6ClNO3. The van der Waals surface area contributed by atoms with Gasteiger partial charge in [0.2, 0.25) is 5.91 Å². The van der Waals surface area contributed by atoms with E-state index in [1.807, 2.05) is 0 Å². The average molecular weight is 200 g/mol. The van der Waals surface area contributed by atoms with E-state index in [0.29, 0.717) is 6.29 Å². The van der Waals surface area contributed by atoms with Gasteiger partial charge in [-0.1, -0.05) is 11.6 Å². The van der Waals surface area contributed by atoms with Crippen LogP contribution in [0, 0.1) is 0 Å². The van der Waals surface area contributed by atoms with Gasteiger partial charge in [-0.15, -0.1) is 0 Å². The van der Waals surface area contributed by atoms with Crippen LogP contribution < -0.4 is 5.73 Å². The van der Waals surface area contributed by atoms with Crippen LogP contribution in [0.5, 0.6) is 5.75 Å². The Morgan fingerprint density at radius 1 is 1.54 bits per heavy atom. The maximum Gasteiger partial charge on any atom is 0.248 e. The number of hydrogen-bond donors (Lipinski definition) is 2. The summed E-state index contributed by atoms with van der Waals surface area (Å²) in [7, 11) is 0. The number of aldehydes is 1. The lowest BCUT2D eigenvalue weighted by molar-refractivity contribution is 0.100. The zero-order valence-corrected chi connectivity index (χ0v) is 7.21. The first-order chi connectivity index (χ1) is 6.06. The molecule has 4 nitrogen and oxygen atoms in total. The van der Waals surface area contributed by atoms with E-state index in [2.05, 4.69) is 0 Å². The Morgan fingerprint density at radius 3 is 2.62 bits per heavy atom. The molecule has 0 aromatic heterocycles. The van der Waals surface area contributed by atoms with E-state index in [9.17, 15) is 14.7 Å². The van der Waals surface area contributed by atoms with Crippen molar-refractivity contribution in [1.82, 2.24) is 0 Å². The van der Waals surface area contributed by atoms with E-state index in [-0.39, 0.29) is 21.9 Å². The second-order valence-electron chi connectivity index (χ2n) is 2.38.